The molecule has 6 nitrogen and oxygen atoms in total. The first-order valence-electron chi connectivity index (χ1n) is 8.43. The summed E-state index contributed by atoms with van der Waals surface area (Å²) in [5.41, 5.74) is 1.60. The number of pyridine rings is 1. The van der Waals surface area contributed by atoms with Crippen molar-refractivity contribution in [2.24, 2.45) is 5.41 Å². The summed E-state index contributed by atoms with van der Waals surface area (Å²) in [5, 5.41) is 18.6. The molecular weight excluding hydrogens is 396 g/mol. The number of aromatic nitrogens is 4. The molecule has 3 rings (SSSR count). The number of hydrogen-bond donors (Lipinski definition) is 1. The molecule has 0 saturated heterocycles. The first kappa shape index (κ1) is 18.8. The maximum Gasteiger partial charge on any atom is 0.219 e. The molecule has 138 valence electrons. The van der Waals surface area contributed by atoms with Crippen LogP contribution in [0.1, 0.15) is 40.2 Å². The van der Waals surface area contributed by atoms with E-state index in [0.29, 0.717) is 11.6 Å². The molecule has 0 atom stereocenters. The van der Waals surface area contributed by atoms with Crippen molar-refractivity contribution in [1.82, 2.24) is 20.0 Å². The Morgan fingerprint density at radius 3 is 2.42 bits per heavy atom. The van der Waals surface area contributed by atoms with E-state index in [1.165, 1.54) is 0 Å². The highest BCUT2D eigenvalue weighted by molar-refractivity contribution is 9.10. The normalized spacial score (nSPS) is 12.6. The third-order valence-electron chi connectivity index (χ3n) is 3.87. The summed E-state index contributed by atoms with van der Waals surface area (Å²) in [6.45, 7) is 10.7. The van der Waals surface area contributed by atoms with Gasteiger partial charge in [-0.15, -0.1) is 5.10 Å². The summed E-state index contributed by atoms with van der Waals surface area (Å²) in [7, 11) is 0. The van der Waals surface area contributed by atoms with Gasteiger partial charge < -0.3 is 9.84 Å². The molecule has 0 unspecified atom stereocenters. The van der Waals surface area contributed by atoms with E-state index in [9.17, 15) is 5.11 Å². The van der Waals surface area contributed by atoms with Crippen LogP contribution >= 0.6 is 15.9 Å². The largest absolute Gasteiger partial charge is 0.438 e. The summed E-state index contributed by atoms with van der Waals surface area (Å²) < 4.78 is 8.52. The second-order valence-electron chi connectivity index (χ2n) is 8.10. The average molecular weight is 419 g/mol. The molecular formula is C19H23BrN4O2. The molecule has 1 N–H and O–H groups in total. The minimum Gasteiger partial charge on any atom is -0.438 e. The predicted molar refractivity (Wildman–Crippen MR) is 104 cm³/mol. The molecule has 2 aromatic heterocycles. The Bertz CT molecular complexity index is 922. The maximum absolute atomic E-state index is 10.0. The van der Waals surface area contributed by atoms with Crippen LogP contribution in [0.15, 0.2) is 34.9 Å². The predicted octanol–water partition coefficient (Wildman–Crippen LogP) is 4.65. The van der Waals surface area contributed by atoms with Crippen LogP contribution in [0.4, 0.5) is 0 Å². The van der Waals surface area contributed by atoms with Crippen molar-refractivity contribution < 1.29 is 9.84 Å². The van der Waals surface area contributed by atoms with Gasteiger partial charge in [0.15, 0.2) is 0 Å². The van der Waals surface area contributed by atoms with E-state index in [2.05, 4.69) is 52.0 Å². The first-order chi connectivity index (χ1) is 12.0. The minimum absolute atomic E-state index is 0.106. The smallest absolute Gasteiger partial charge is 0.219 e. The number of benzene rings is 1. The third-order valence-corrected chi connectivity index (χ3v) is 4.64. The average Bonchev–Trinajstić information content (AvgIpc) is 2.91. The summed E-state index contributed by atoms with van der Waals surface area (Å²) in [6, 6.07) is 7.36. The van der Waals surface area contributed by atoms with E-state index < -0.39 is 5.60 Å². The van der Waals surface area contributed by atoms with Gasteiger partial charge in [-0.2, -0.15) is 0 Å². The number of rotatable bonds is 4. The zero-order valence-electron chi connectivity index (χ0n) is 15.6. The lowest BCUT2D eigenvalue weighted by atomic mass is 9.97. The summed E-state index contributed by atoms with van der Waals surface area (Å²) >= 11 is 3.57. The molecule has 0 bridgehead atoms. The molecule has 0 radical (unpaired) electrons. The van der Waals surface area contributed by atoms with Crippen molar-refractivity contribution in [3.05, 3.63) is 40.5 Å². The molecule has 2 heterocycles. The van der Waals surface area contributed by atoms with Gasteiger partial charge in [-0.1, -0.05) is 26.0 Å². The van der Waals surface area contributed by atoms with Gasteiger partial charge in [0.1, 0.15) is 11.3 Å². The molecule has 0 spiro atoms. The fourth-order valence-corrected chi connectivity index (χ4v) is 3.04. The van der Waals surface area contributed by atoms with Crippen LogP contribution in [0.25, 0.3) is 11.0 Å². The zero-order valence-corrected chi connectivity index (χ0v) is 17.2. The van der Waals surface area contributed by atoms with Crippen molar-refractivity contribution >= 4 is 27.0 Å². The number of halogens is 1. The lowest BCUT2D eigenvalue weighted by Gasteiger charge is -2.18. The lowest BCUT2D eigenvalue weighted by Crippen LogP contribution is -2.16. The molecule has 0 amide bonds. The molecule has 0 aliphatic rings. The number of hydrogen-bond acceptors (Lipinski definition) is 5. The van der Waals surface area contributed by atoms with Crippen molar-refractivity contribution in [3.63, 3.8) is 0 Å². The van der Waals surface area contributed by atoms with Crippen LogP contribution in [0, 0.1) is 5.41 Å². The Kier molecular flexibility index (Phi) is 4.79. The van der Waals surface area contributed by atoms with Crippen LogP contribution in [0.3, 0.4) is 0 Å². The van der Waals surface area contributed by atoms with Gasteiger partial charge in [0.25, 0.3) is 0 Å². The maximum atomic E-state index is 10.0. The van der Waals surface area contributed by atoms with E-state index in [1.54, 1.807) is 32.2 Å². The molecule has 1 aromatic carbocycles. The van der Waals surface area contributed by atoms with Gasteiger partial charge in [0, 0.05) is 24.4 Å². The van der Waals surface area contributed by atoms with E-state index in [-0.39, 0.29) is 5.41 Å². The highest BCUT2D eigenvalue weighted by Gasteiger charge is 2.19. The first-order valence-corrected chi connectivity index (χ1v) is 9.22. The highest BCUT2D eigenvalue weighted by atomic mass is 79.9. The Morgan fingerprint density at radius 2 is 1.85 bits per heavy atom. The third kappa shape index (κ3) is 4.04. The second-order valence-corrected chi connectivity index (χ2v) is 8.89. The van der Waals surface area contributed by atoms with Crippen LogP contribution in [0.5, 0.6) is 11.6 Å². The van der Waals surface area contributed by atoms with Crippen molar-refractivity contribution in [3.8, 4) is 11.6 Å². The van der Waals surface area contributed by atoms with Crippen LogP contribution in [0.2, 0.25) is 0 Å². The fraction of sp³-hybridized carbons (Fsp3) is 0.421. The van der Waals surface area contributed by atoms with Gasteiger partial charge in [-0.25, -0.2) is 9.67 Å². The van der Waals surface area contributed by atoms with E-state index in [0.717, 1.165) is 27.6 Å². The summed E-state index contributed by atoms with van der Waals surface area (Å²) in [4.78, 5) is 4.27. The number of fused-ring (bicyclic) bond motifs is 1. The Morgan fingerprint density at radius 1 is 1.12 bits per heavy atom. The van der Waals surface area contributed by atoms with E-state index in [4.69, 9.17) is 4.74 Å². The Labute approximate surface area is 161 Å². The van der Waals surface area contributed by atoms with Crippen LogP contribution in [-0.2, 0) is 12.1 Å². The SMILES string of the molecule is CC(C)(C)Cn1nnc2c(Br)c(Oc3ccc(C(C)(C)O)cn3)ccc21. The summed E-state index contributed by atoms with van der Waals surface area (Å²) in [5.74, 6) is 1.06. The van der Waals surface area contributed by atoms with Crippen molar-refractivity contribution in [2.75, 3.05) is 0 Å². The Hall–Kier alpha value is -1.99. The van der Waals surface area contributed by atoms with Gasteiger partial charge in [0.2, 0.25) is 5.88 Å². The number of ether oxygens (including phenoxy) is 1. The van der Waals surface area contributed by atoms with Crippen LogP contribution < -0.4 is 4.74 Å². The van der Waals surface area contributed by atoms with Crippen LogP contribution in [-0.4, -0.2) is 25.1 Å². The Balaban J connectivity index is 1.88. The quantitative estimate of drug-likeness (QED) is 0.666. The standard InChI is InChI=1S/C19H23BrN4O2/c1-18(2,3)11-24-13-7-8-14(16(20)17(13)22-23-24)26-15-9-6-12(10-21-15)19(4,5)25/h6-10,25H,11H2,1-5H3. The molecule has 0 aliphatic carbocycles. The second kappa shape index (κ2) is 6.63. The topological polar surface area (TPSA) is 73.1 Å². The molecule has 0 aliphatic heterocycles. The van der Waals surface area contributed by atoms with E-state index in [1.807, 2.05) is 16.8 Å². The van der Waals surface area contributed by atoms with Gasteiger partial charge in [-0.05, 0) is 53.4 Å². The lowest BCUT2D eigenvalue weighted by molar-refractivity contribution is 0.0781. The molecule has 0 fully saturated rings. The van der Waals surface area contributed by atoms with Gasteiger partial charge >= 0.3 is 0 Å². The monoisotopic (exact) mass is 418 g/mol. The molecule has 26 heavy (non-hydrogen) atoms. The van der Waals surface area contributed by atoms with Gasteiger partial charge in [-0.3, -0.25) is 0 Å². The zero-order chi connectivity index (χ0) is 19.1. The highest BCUT2D eigenvalue weighted by Crippen LogP contribution is 2.35. The van der Waals surface area contributed by atoms with E-state index >= 15 is 0 Å². The number of nitrogens with zero attached hydrogens (tertiary/aromatic N) is 4. The molecule has 3 aromatic rings. The fourth-order valence-electron chi connectivity index (χ4n) is 2.55. The van der Waals surface area contributed by atoms with Gasteiger partial charge in [0.05, 0.1) is 15.6 Å². The minimum atomic E-state index is -0.934. The summed E-state index contributed by atoms with van der Waals surface area (Å²) in [6.07, 6.45) is 1.61. The molecule has 0 saturated carbocycles. The number of aliphatic hydroxyl groups is 1. The van der Waals surface area contributed by atoms with Crippen molar-refractivity contribution in [2.45, 2.75) is 46.8 Å². The van der Waals surface area contributed by atoms with Crippen molar-refractivity contribution in [1.29, 1.82) is 0 Å². The molecule has 7 heteroatoms.